The van der Waals surface area contributed by atoms with Crippen LogP contribution in [0.1, 0.15) is 37.7 Å². The van der Waals surface area contributed by atoms with Crippen LogP contribution < -0.4 is 4.74 Å². The molecule has 0 radical (unpaired) electrons. The van der Waals surface area contributed by atoms with Crippen LogP contribution in [0.3, 0.4) is 0 Å². The summed E-state index contributed by atoms with van der Waals surface area (Å²) in [5.74, 6) is 1.10. The summed E-state index contributed by atoms with van der Waals surface area (Å²) in [4.78, 5) is 0. The van der Waals surface area contributed by atoms with E-state index in [1.807, 2.05) is 0 Å². The van der Waals surface area contributed by atoms with Gasteiger partial charge >= 0.3 is 0 Å². The number of ether oxygens (including phenoxy) is 1. The average molecular weight is 267 g/mol. The zero-order chi connectivity index (χ0) is 10.3. The summed E-state index contributed by atoms with van der Waals surface area (Å²) >= 11 is 3.57. The third-order valence-electron chi connectivity index (χ3n) is 3.64. The van der Waals surface area contributed by atoms with E-state index in [1.165, 1.54) is 37.7 Å². The topological polar surface area (TPSA) is 9.23 Å². The molecule has 0 saturated heterocycles. The van der Waals surface area contributed by atoms with Crippen LogP contribution in [-0.4, -0.2) is 5.60 Å². The highest BCUT2D eigenvalue weighted by molar-refractivity contribution is 9.10. The van der Waals surface area contributed by atoms with Crippen LogP contribution in [0.4, 0.5) is 0 Å². The quantitative estimate of drug-likeness (QED) is 0.688. The maximum Gasteiger partial charge on any atom is 0.137 e. The Hall–Kier alpha value is -0.500. The van der Waals surface area contributed by atoms with Crippen molar-refractivity contribution < 1.29 is 4.74 Å². The van der Waals surface area contributed by atoms with Crippen LogP contribution in [0.15, 0.2) is 22.7 Å². The van der Waals surface area contributed by atoms with Gasteiger partial charge in [0.2, 0.25) is 0 Å². The van der Waals surface area contributed by atoms with E-state index in [0.717, 1.165) is 16.6 Å². The molecule has 15 heavy (non-hydrogen) atoms. The minimum Gasteiger partial charge on any atom is -0.485 e. The Morgan fingerprint density at radius 1 is 1.13 bits per heavy atom. The van der Waals surface area contributed by atoms with Crippen LogP contribution in [-0.2, 0) is 6.42 Å². The molecule has 2 heteroatoms. The maximum absolute atomic E-state index is 6.22. The number of fused-ring (bicyclic) bond motifs is 1. The molecule has 0 bridgehead atoms. The van der Waals surface area contributed by atoms with Gasteiger partial charge in [-0.25, -0.2) is 0 Å². The monoisotopic (exact) mass is 266 g/mol. The smallest absolute Gasteiger partial charge is 0.137 e. The number of para-hydroxylation sites is 1. The number of benzene rings is 1. The fourth-order valence-electron chi connectivity index (χ4n) is 2.88. The summed E-state index contributed by atoms with van der Waals surface area (Å²) in [6.45, 7) is 0. The number of rotatable bonds is 0. The third-order valence-corrected chi connectivity index (χ3v) is 4.27. The first kappa shape index (κ1) is 9.71. The first-order valence-electron chi connectivity index (χ1n) is 5.76. The van der Waals surface area contributed by atoms with Crippen molar-refractivity contribution in [2.75, 3.05) is 0 Å². The van der Waals surface area contributed by atoms with Crippen molar-refractivity contribution in [2.45, 2.75) is 44.1 Å². The molecule has 1 fully saturated rings. The predicted octanol–water partition coefficient (Wildman–Crippen LogP) is 4.09. The predicted molar refractivity (Wildman–Crippen MR) is 64.3 cm³/mol. The molecule has 1 aliphatic heterocycles. The molecule has 1 nitrogen and oxygen atoms in total. The van der Waals surface area contributed by atoms with E-state index in [-0.39, 0.29) is 5.60 Å². The van der Waals surface area contributed by atoms with Gasteiger partial charge in [0, 0.05) is 6.42 Å². The molecule has 0 aromatic heterocycles. The number of halogens is 1. The molecule has 1 spiro atoms. The van der Waals surface area contributed by atoms with Gasteiger partial charge in [-0.2, -0.15) is 0 Å². The van der Waals surface area contributed by atoms with Gasteiger partial charge < -0.3 is 4.74 Å². The normalized spacial score (nSPS) is 22.5. The lowest BCUT2D eigenvalue weighted by molar-refractivity contribution is 0.0523. The van der Waals surface area contributed by atoms with Gasteiger partial charge in [0.1, 0.15) is 11.4 Å². The average Bonchev–Trinajstić information content (AvgIpc) is 2.59. The van der Waals surface area contributed by atoms with Crippen molar-refractivity contribution in [1.82, 2.24) is 0 Å². The molecule has 1 aromatic rings. The Balaban J connectivity index is 1.94. The van der Waals surface area contributed by atoms with Gasteiger partial charge in [0.15, 0.2) is 0 Å². The van der Waals surface area contributed by atoms with E-state index in [0.29, 0.717) is 0 Å². The van der Waals surface area contributed by atoms with Crippen molar-refractivity contribution in [3.63, 3.8) is 0 Å². The molecule has 0 unspecified atom stereocenters. The molecule has 0 amide bonds. The zero-order valence-electron chi connectivity index (χ0n) is 8.76. The Bertz CT molecular complexity index is 380. The second-order valence-corrected chi connectivity index (χ2v) is 5.60. The zero-order valence-corrected chi connectivity index (χ0v) is 10.3. The first-order chi connectivity index (χ1) is 7.29. The van der Waals surface area contributed by atoms with E-state index < -0.39 is 0 Å². The van der Waals surface area contributed by atoms with E-state index in [1.54, 1.807) is 0 Å². The highest BCUT2D eigenvalue weighted by Gasteiger charge is 2.40. The molecule has 1 saturated carbocycles. The fraction of sp³-hybridized carbons (Fsp3) is 0.538. The lowest BCUT2D eigenvalue weighted by Crippen LogP contribution is -2.36. The Kier molecular flexibility index (Phi) is 2.27. The minimum atomic E-state index is 0.143. The summed E-state index contributed by atoms with van der Waals surface area (Å²) < 4.78 is 7.33. The van der Waals surface area contributed by atoms with Crippen molar-refractivity contribution in [3.8, 4) is 5.75 Å². The minimum absolute atomic E-state index is 0.143. The van der Waals surface area contributed by atoms with Crippen LogP contribution in [0.2, 0.25) is 0 Å². The molecule has 80 valence electrons. The second kappa shape index (κ2) is 3.51. The van der Waals surface area contributed by atoms with E-state index >= 15 is 0 Å². The molecule has 1 aromatic carbocycles. The number of hydrogen-bond acceptors (Lipinski definition) is 1. The molecule has 1 heterocycles. The van der Waals surface area contributed by atoms with Crippen molar-refractivity contribution in [1.29, 1.82) is 0 Å². The van der Waals surface area contributed by atoms with E-state index in [2.05, 4.69) is 34.1 Å². The largest absolute Gasteiger partial charge is 0.485 e. The summed E-state index contributed by atoms with van der Waals surface area (Å²) in [6, 6.07) is 6.37. The Morgan fingerprint density at radius 3 is 2.67 bits per heavy atom. The van der Waals surface area contributed by atoms with E-state index in [4.69, 9.17) is 4.74 Å². The maximum atomic E-state index is 6.22. The van der Waals surface area contributed by atoms with Gasteiger partial charge in [-0.1, -0.05) is 18.6 Å². The van der Waals surface area contributed by atoms with Gasteiger partial charge in [-0.05, 0) is 53.2 Å². The molecule has 2 aliphatic rings. The summed E-state index contributed by atoms with van der Waals surface area (Å²) in [5.41, 5.74) is 1.52. The highest BCUT2D eigenvalue weighted by Crippen LogP contribution is 2.46. The molecular weight excluding hydrogens is 252 g/mol. The van der Waals surface area contributed by atoms with Gasteiger partial charge in [-0.3, -0.25) is 0 Å². The highest BCUT2D eigenvalue weighted by atomic mass is 79.9. The van der Waals surface area contributed by atoms with Crippen LogP contribution in [0.25, 0.3) is 0 Å². The summed E-state index contributed by atoms with van der Waals surface area (Å²) in [5, 5.41) is 0. The van der Waals surface area contributed by atoms with E-state index in [9.17, 15) is 0 Å². The molecule has 0 N–H and O–H groups in total. The Morgan fingerprint density at radius 2 is 1.93 bits per heavy atom. The Labute approximate surface area is 99.0 Å². The van der Waals surface area contributed by atoms with Crippen molar-refractivity contribution in [3.05, 3.63) is 28.2 Å². The SMILES string of the molecule is Brc1cccc2c1OC1(CCCCC1)C2. The first-order valence-corrected chi connectivity index (χ1v) is 6.55. The summed E-state index contributed by atoms with van der Waals surface area (Å²) in [6.07, 6.45) is 7.60. The van der Waals surface area contributed by atoms with Crippen molar-refractivity contribution >= 4 is 15.9 Å². The summed E-state index contributed by atoms with van der Waals surface area (Å²) in [7, 11) is 0. The van der Waals surface area contributed by atoms with Gasteiger partial charge in [0.25, 0.3) is 0 Å². The van der Waals surface area contributed by atoms with Gasteiger partial charge in [0.05, 0.1) is 4.47 Å². The fourth-order valence-corrected chi connectivity index (χ4v) is 3.37. The van der Waals surface area contributed by atoms with Gasteiger partial charge in [-0.15, -0.1) is 0 Å². The molecule has 1 aliphatic carbocycles. The van der Waals surface area contributed by atoms with Crippen molar-refractivity contribution in [2.24, 2.45) is 0 Å². The molecule has 0 atom stereocenters. The third kappa shape index (κ3) is 1.59. The number of hydrogen-bond donors (Lipinski definition) is 0. The second-order valence-electron chi connectivity index (χ2n) is 4.75. The lowest BCUT2D eigenvalue weighted by atomic mass is 9.82. The standard InChI is InChI=1S/C13H15BrO/c14-11-6-4-5-10-9-13(15-12(10)11)7-2-1-3-8-13/h4-6H,1-3,7-9H2. The van der Waals surface area contributed by atoms with Crippen LogP contribution in [0.5, 0.6) is 5.75 Å². The molecular formula is C13H15BrO. The molecule has 3 rings (SSSR count). The van der Waals surface area contributed by atoms with Crippen LogP contribution in [0, 0.1) is 0 Å². The lowest BCUT2D eigenvalue weighted by Gasteiger charge is -2.32. The van der Waals surface area contributed by atoms with Crippen LogP contribution >= 0.6 is 15.9 Å².